The van der Waals surface area contributed by atoms with Crippen LogP contribution in [-0.2, 0) is 16.0 Å². The van der Waals surface area contributed by atoms with Gasteiger partial charge in [-0.05, 0) is 36.6 Å². The predicted molar refractivity (Wildman–Crippen MR) is 117 cm³/mol. The van der Waals surface area contributed by atoms with Crippen molar-refractivity contribution in [2.24, 2.45) is 4.99 Å². The normalized spacial score (nSPS) is 14.9. The van der Waals surface area contributed by atoms with E-state index in [0.29, 0.717) is 44.9 Å². The van der Waals surface area contributed by atoms with Crippen molar-refractivity contribution in [3.8, 4) is 0 Å². The van der Waals surface area contributed by atoms with Gasteiger partial charge in [0.1, 0.15) is 5.82 Å². The van der Waals surface area contributed by atoms with Crippen LogP contribution in [0.2, 0.25) is 0 Å². The minimum atomic E-state index is -0.260. The van der Waals surface area contributed by atoms with Gasteiger partial charge in [-0.3, -0.25) is 19.5 Å². The van der Waals surface area contributed by atoms with Crippen LogP contribution in [0.15, 0.2) is 29.4 Å². The monoisotopic (exact) mass is 501 g/mol. The number of halogens is 2. The maximum atomic E-state index is 13.2. The van der Waals surface area contributed by atoms with Gasteiger partial charge in [-0.2, -0.15) is 0 Å². The van der Waals surface area contributed by atoms with E-state index < -0.39 is 0 Å². The number of H-pyrrole nitrogens is 1. The summed E-state index contributed by atoms with van der Waals surface area (Å²) in [7, 11) is 1.67. The lowest BCUT2D eigenvalue weighted by Gasteiger charge is -2.25. The van der Waals surface area contributed by atoms with Crippen LogP contribution in [0.5, 0.6) is 0 Å². The minimum Gasteiger partial charge on any atom is -0.361 e. The largest absolute Gasteiger partial charge is 0.361 e. The molecule has 0 atom stereocenters. The van der Waals surface area contributed by atoms with Crippen molar-refractivity contribution >= 4 is 52.7 Å². The highest BCUT2D eigenvalue weighted by Gasteiger charge is 2.25. The summed E-state index contributed by atoms with van der Waals surface area (Å²) in [6, 6.07) is 4.71. The molecule has 7 nitrogen and oxygen atoms in total. The summed E-state index contributed by atoms with van der Waals surface area (Å²) in [6.07, 6.45) is 4.15. The Bertz CT molecular complexity index is 851. The molecule has 2 aromatic rings. The standard InChI is InChI=1S/C19H24FN5O2.HI/c1-21-19(23-9-10-25-17(26)3-2-4-18(25)27)22-8-7-13-12-24-16-11-14(20)5-6-15(13)16;/h5-6,11-12,24H,2-4,7-10H2,1H3,(H2,21,22,23);1H. The third kappa shape index (κ3) is 5.43. The lowest BCUT2D eigenvalue weighted by atomic mass is 10.1. The Balaban J connectivity index is 0.00000280. The van der Waals surface area contributed by atoms with Crippen LogP contribution in [0, 0.1) is 5.82 Å². The second-order valence-electron chi connectivity index (χ2n) is 6.47. The van der Waals surface area contributed by atoms with Crippen LogP contribution < -0.4 is 10.6 Å². The molecule has 1 aliphatic rings. The number of likely N-dealkylation sites (tertiary alicyclic amines) is 1. The lowest BCUT2D eigenvalue weighted by molar-refractivity contribution is -0.147. The van der Waals surface area contributed by atoms with Crippen molar-refractivity contribution in [2.45, 2.75) is 25.7 Å². The van der Waals surface area contributed by atoms with Crippen LogP contribution in [0.1, 0.15) is 24.8 Å². The van der Waals surface area contributed by atoms with E-state index in [4.69, 9.17) is 0 Å². The molecule has 1 aromatic carbocycles. The number of hydrogen-bond acceptors (Lipinski definition) is 3. The van der Waals surface area contributed by atoms with Gasteiger partial charge in [-0.1, -0.05) is 0 Å². The zero-order valence-corrected chi connectivity index (χ0v) is 18.1. The van der Waals surface area contributed by atoms with E-state index >= 15 is 0 Å². The molecule has 1 aliphatic heterocycles. The van der Waals surface area contributed by atoms with E-state index in [0.717, 1.165) is 22.9 Å². The van der Waals surface area contributed by atoms with Gasteiger partial charge in [-0.25, -0.2) is 4.39 Å². The van der Waals surface area contributed by atoms with Gasteiger partial charge in [0.15, 0.2) is 5.96 Å². The first-order valence-electron chi connectivity index (χ1n) is 9.11. The molecule has 0 radical (unpaired) electrons. The van der Waals surface area contributed by atoms with Crippen LogP contribution >= 0.6 is 24.0 Å². The number of rotatable bonds is 6. The van der Waals surface area contributed by atoms with Crippen molar-refractivity contribution in [3.05, 3.63) is 35.8 Å². The molecule has 0 spiro atoms. The second kappa shape index (κ2) is 10.4. The molecule has 0 aliphatic carbocycles. The topological polar surface area (TPSA) is 89.6 Å². The number of benzene rings is 1. The van der Waals surface area contributed by atoms with E-state index in [1.54, 1.807) is 13.1 Å². The number of fused-ring (bicyclic) bond motifs is 1. The Kier molecular flexibility index (Phi) is 8.21. The van der Waals surface area contributed by atoms with Gasteiger partial charge < -0.3 is 15.6 Å². The van der Waals surface area contributed by atoms with Crippen molar-refractivity contribution in [1.82, 2.24) is 20.5 Å². The number of aromatic amines is 1. The van der Waals surface area contributed by atoms with E-state index in [9.17, 15) is 14.0 Å². The van der Waals surface area contributed by atoms with Crippen LogP contribution in [-0.4, -0.2) is 54.3 Å². The SMILES string of the molecule is CN=C(NCCc1c[nH]c2cc(F)ccc12)NCCN1C(=O)CCCC1=O.I. The number of aromatic nitrogens is 1. The molecule has 0 unspecified atom stereocenters. The molecule has 3 N–H and O–H groups in total. The quantitative estimate of drug-likeness (QED) is 0.245. The number of hydrogen-bond donors (Lipinski definition) is 3. The molecule has 3 rings (SSSR count). The van der Waals surface area contributed by atoms with Crippen LogP contribution in [0.4, 0.5) is 4.39 Å². The fourth-order valence-corrected chi connectivity index (χ4v) is 3.24. The van der Waals surface area contributed by atoms with Crippen molar-refractivity contribution in [1.29, 1.82) is 0 Å². The van der Waals surface area contributed by atoms with Crippen LogP contribution in [0.3, 0.4) is 0 Å². The van der Waals surface area contributed by atoms with Gasteiger partial charge in [0.05, 0.1) is 0 Å². The summed E-state index contributed by atoms with van der Waals surface area (Å²) in [5.41, 5.74) is 1.88. The fourth-order valence-electron chi connectivity index (χ4n) is 3.24. The third-order valence-electron chi connectivity index (χ3n) is 4.65. The zero-order chi connectivity index (χ0) is 19.2. The van der Waals surface area contributed by atoms with E-state index in [1.165, 1.54) is 17.0 Å². The van der Waals surface area contributed by atoms with E-state index in [1.807, 2.05) is 6.20 Å². The second-order valence-corrected chi connectivity index (χ2v) is 6.47. The molecular formula is C19H25FIN5O2. The smallest absolute Gasteiger partial charge is 0.229 e. The van der Waals surface area contributed by atoms with Crippen molar-refractivity contribution < 1.29 is 14.0 Å². The summed E-state index contributed by atoms with van der Waals surface area (Å²) < 4.78 is 13.2. The third-order valence-corrected chi connectivity index (χ3v) is 4.65. The zero-order valence-electron chi connectivity index (χ0n) is 15.8. The summed E-state index contributed by atoms with van der Waals surface area (Å²) in [4.78, 5) is 32.1. The highest BCUT2D eigenvalue weighted by molar-refractivity contribution is 14.0. The first kappa shape index (κ1) is 22.1. The summed E-state index contributed by atoms with van der Waals surface area (Å²) in [6.45, 7) is 1.43. The molecule has 0 saturated carbocycles. The number of piperidine rings is 1. The molecule has 0 bridgehead atoms. The molecule has 2 heterocycles. The number of aliphatic imine (C=N–C) groups is 1. The van der Waals surface area contributed by atoms with Crippen molar-refractivity contribution in [3.63, 3.8) is 0 Å². The lowest BCUT2D eigenvalue weighted by Crippen LogP contribution is -2.46. The maximum absolute atomic E-state index is 13.2. The number of imide groups is 1. The number of nitrogens with one attached hydrogen (secondary N) is 3. The molecule has 28 heavy (non-hydrogen) atoms. The number of amides is 2. The molecule has 9 heteroatoms. The number of nitrogens with zero attached hydrogens (tertiary/aromatic N) is 2. The molecule has 152 valence electrons. The Hall–Kier alpha value is -2.17. The number of carbonyl (C=O) groups is 2. The molecule has 1 saturated heterocycles. The Morgan fingerprint density at radius 3 is 2.64 bits per heavy atom. The first-order chi connectivity index (χ1) is 13.1. The summed E-state index contributed by atoms with van der Waals surface area (Å²) >= 11 is 0. The highest BCUT2D eigenvalue weighted by Crippen LogP contribution is 2.19. The van der Waals surface area contributed by atoms with Crippen LogP contribution in [0.25, 0.3) is 10.9 Å². The first-order valence-corrected chi connectivity index (χ1v) is 9.11. The highest BCUT2D eigenvalue weighted by atomic mass is 127. The summed E-state index contributed by atoms with van der Waals surface area (Å²) in [5.74, 6) is 0.139. The van der Waals surface area contributed by atoms with Gasteiger partial charge in [0.25, 0.3) is 0 Å². The molecule has 1 aromatic heterocycles. The summed E-state index contributed by atoms with van der Waals surface area (Å²) in [5, 5.41) is 7.33. The van der Waals surface area contributed by atoms with Gasteiger partial charge in [-0.15, -0.1) is 24.0 Å². The molecule has 1 fully saturated rings. The number of guanidine groups is 1. The minimum absolute atomic E-state index is 0. The maximum Gasteiger partial charge on any atom is 0.229 e. The fraction of sp³-hybridized carbons (Fsp3) is 0.421. The molecule has 2 amide bonds. The Morgan fingerprint density at radius 2 is 1.93 bits per heavy atom. The Morgan fingerprint density at radius 1 is 1.21 bits per heavy atom. The van der Waals surface area contributed by atoms with Gasteiger partial charge in [0.2, 0.25) is 11.8 Å². The molecular weight excluding hydrogens is 476 g/mol. The van der Waals surface area contributed by atoms with Gasteiger partial charge in [0, 0.05) is 56.6 Å². The Labute approximate surface area is 180 Å². The van der Waals surface area contributed by atoms with Crippen molar-refractivity contribution in [2.75, 3.05) is 26.7 Å². The number of carbonyl (C=O) groups excluding carboxylic acids is 2. The van der Waals surface area contributed by atoms with E-state index in [-0.39, 0.29) is 41.6 Å². The van der Waals surface area contributed by atoms with Gasteiger partial charge >= 0.3 is 0 Å². The van der Waals surface area contributed by atoms with E-state index in [2.05, 4.69) is 20.6 Å². The average molecular weight is 501 g/mol. The predicted octanol–water partition coefficient (Wildman–Crippen LogP) is 2.17. The average Bonchev–Trinajstić information content (AvgIpc) is 3.04.